The minimum atomic E-state index is -0.264. The van der Waals surface area contributed by atoms with Gasteiger partial charge in [-0.2, -0.15) is 15.0 Å². The first kappa shape index (κ1) is 19.4. The van der Waals surface area contributed by atoms with Crippen molar-refractivity contribution < 1.29 is 9.53 Å². The highest BCUT2D eigenvalue weighted by Gasteiger charge is 2.17. The smallest absolute Gasteiger partial charge is 0.251 e. The predicted molar refractivity (Wildman–Crippen MR) is 114 cm³/mol. The van der Waals surface area contributed by atoms with E-state index in [0.717, 1.165) is 11.1 Å². The normalized spacial score (nSPS) is 11.6. The molecule has 1 aromatic heterocycles. The van der Waals surface area contributed by atoms with Gasteiger partial charge in [-0.1, -0.05) is 66.7 Å². The molecule has 30 heavy (non-hydrogen) atoms. The summed E-state index contributed by atoms with van der Waals surface area (Å²) in [4.78, 5) is 14.5. The summed E-state index contributed by atoms with van der Waals surface area (Å²) in [6, 6.07) is 26.7. The van der Waals surface area contributed by atoms with Crippen LogP contribution in [-0.4, -0.2) is 20.9 Å². The molecule has 6 heteroatoms. The van der Waals surface area contributed by atoms with Gasteiger partial charge in [0.1, 0.15) is 12.4 Å². The van der Waals surface area contributed by atoms with Crippen molar-refractivity contribution >= 4 is 5.91 Å². The molecule has 0 fully saturated rings. The number of nitrogens with zero attached hydrogens (tertiary/aromatic N) is 3. The Kier molecular flexibility index (Phi) is 6.15. The van der Waals surface area contributed by atoms with Crippen LogP contribution >= 0.6 is 0 Å². The van der Waals surface area contributed by atoms with E-state index in [-0.39, 0.29) is 11.9 Å². The van der Waals surface area contributed by atoms with Crippen LogP contribution in [0.25, 0.3) is 0 Å². The molecular formula is C24H22N4O2. The highest BCUT2D eigenvalue weighted by Crippen LogP contribution is 2.18. The molecule has 0 radical (unpaired) electrons. The first-order valence-electron chi connectivity index (χ1n) is 9.74. The lowest BCUT2D eigenvalue weighted by Crippen LogP contribution is -2.32. The van der Waals surface area contributed by atoms with Crippen LogP contribution in [0.5, 0.6) is 5.75 Å². The highest BCUT2D eigenvalue weighted by atomic mass is 16.5. The number of hydrogen-bond acceptors (Lipinski definition) is 4. The topological polar surface area (TPSA) is 69.0 Å². The molecule has 1 N–H and O–H groups in total. The van der Waals surface area contributed by atoms with Crippen LogP contribution in [0.2, 0.25) is 0 Å². The van der Waals surface area contributed by atoms with E-state index < -0.39 is 0 Å². The number of benzene rings is 3. The van der Waals surface area contributed by atoms with Crippen molar-refractivity contribution in [2.24, 2.45) is 0 Å². The molecule has 0 spiro atoms. The van der Waals surface area contributed by atoms with Gasteiger partial charge < -0.3 is 10.1 Å². The monoisotopic (exact) mass is 398 g/mol. The molecule has 0 saturated carbocycles. The van der Waals surface area contributed by atoms with Crippen LogP contribution in [0, 0.1) is 0 Å². The molecule has 0 saturated heterocycles. The summed E-state index contributed by atoms with van der Waals surface area (Å²) in [5.41, 5.74) is 2.60. The number of aromatic nitrogens is 3. The summed E-state index contributed by atoms with van der Waals surface area (Å²) in [5, 5.41) is 11.4. The van der Waals surface area contributed by atoms with Gasteiger partial charge >= 0.3 is 0 Å². The van der Waals surface area contributed by atoms with Gasteiger partial charge in [0.25, 0.3) is 5.91 Å². The Balaban J connectivity index is 1.47. The molecule has 0 aliphatic rings. The quantitative estimate of drug-likeness (QED) is 0.487. The molecule has 1 amide bonds. The first-order chi connectivity index (χ1) is 14.8. The summed E-state index contributed by atoms with van der Waals surface area (Å²) < 4.78 is 5.85. The second-order valence-corrected chi connectivity index (χ2v) is 6.82. The van der Waals surface area contributed by atoms with E-state index in [4.69, 9.17) is 4.74 Å². The average molecular weight is 398 g/mol. The Morgan fingerprint density at radius 2 is 1.60 bits per heavy atom. The van der Waals surface area contributed by atoms with E-state index in [1.807, 2.05) is 72.8 Å². The minimum absolute atomic E-state index is 0.179. The van der Waals surface area contributed by atoms with Crippen molar-refractivity contribution in [1.82, 2.24) is 20.3 Å². The van der Waals surface area contributed by atoms with Crippen molar-refractivity contribution in [3.63, 3.8) is 0 Å². The molecule has 4 aromatic rings. The van der Waals surface area contributed by atoms with Crippen molar-refractivity contribution in [3.8, 4) is 5.75 Å². The molecule has 0 bridgehead atoms. The Hall–Kier alpha value is -3.93. The van der Waals surface area contributed by atoms with Crippen LogP contribution in [-0.2, 0) is 13.2 Å². The number of carbonyl (C=O) groups is 1. The number of rotatable bonds is 8. The lowest BCUT2D eigenvalue weighted by atomic mass is 10.1. The molecule has 1 unspecified atom stereocenters. The zero-order valence-corrected chi connectivity index (χ0v) is 16.4. The molecule has 0 aliphatic heterocycles. The van der Waals surface area contributed by atoms with Gasteiger partial charge in [0, 0.05) is 5.56 Å². The maximum atomic E-state index is 13.0. The molecule has 3 aromatic carbocycles. The van der Waals surface area contributed by atoms with Gasteiger partial charge in [-0.25, -0.2) is 0 Å². The zero-order valence-electron chi connectivity index (χ0n) is 16.4. The molecule has 0 aliphatic carbocycles. The Bertz CT molecular complexity index is 1070. The van der Waals surface area contributed by atoms with Crippen molar-refractivity contribution in [2.75, 3.05) is 0 Å². The molecule has 6 nitrogen and oxygen atoms in total. The van der Waals surface area contributed by atoms with Gasteiger partial charge in [0.05, 0.1) is 25.0 Å². The third-order valence-corrected chi connectivity index (χ3v) is 4.66. The van der Waals surface area contributed by atoms with E-state index >= 15 is 0 Å². The molecule has 1 atom stereocenters. The number of nitrogens with one attached hydrogen (secondary N) is 1. The number of ether oxygens (including phenoxy) is 1. The van der Waals surface area contributed by atoms with E-state index in [1.165, 1.54) is 0 Å². The lowest BCUT2D eigenvalue weighted by Gasteiger charge is -2.19. The standard InChI is InChI=1S/C24H22N4O2/c29-24(21-12-7-13-22(16-21)30-18-19-8-3-1-4-9-19)27-23(17-28-25-14-15-26-28)20-10-5-2-6-11-20/h1-16,23H,17-18H2,(H,27,29). The fourth-order valence-corrected chi connectivity index (χ4v) is 3.13. The SMILES string of the molecule is O=C(NC(Cn1nccn1)c1ccccc1)c1cccc(OCc2ccccc2)c1. The van der Waals surface area contributed by atoms with Crippen LogP contribution < -0.4 is 10.1 Å². The predicted octanol–water partition coefficient (Wildman–Crippen LogP) is 4.03. The summed E-state index contributed by atoms with van der Waals surface area (Å²) in [6.45, 7) is 0.885. The van der Waals surface area contributed by atoms with Gasteiger partial charge in [-0.3, -0.25) is 4.79 Å². The fourth-order valence-electron chi connectivity index (χ4n) is 3.13. The number of amides is 1. The number of carbonyl (C=O) groups excluding carboxylic acids is 1. The lowest BCUT2D eigenvalue weighted by molar-refractivity contribution is 0.0930. The van der Waals surface area contributed by atoms with Crippen LogP contribution in [0.1, 0.15) is 27.5 Å². The summed E-state index contributed by atoms with van der Waals surface area (Å²) in [5.74, 6) is 0.470. The van der Waals surface area contributed by atoms with Gasteiger partial charge in [-0.05, 0) is 29.3 Å². The Labute approximate surface area is 175 Å². The molecule has 1 heterocycles. The Morgan fingerprint density at radius 3 is 2.33 bits per heavy atom. The number of hydrogen-bond donors (Lipinski definition) is 1. The van der Waals surface area contributed by atoms with Crippen molar-refractivity contribution in [2.45, 2.75) is 19.2 Å². The van der Waals surface area contributed by atoms with Crippen molar-refractivity contribution in [1.29, 1.82) is 0 Å². The molecule has 4 rings (SSSR count). The highest BCUT2D eigenvalue weighted by molar-refractivity contribution is 5.94. The van der Waals surface area contributed by atoms with Gasteiger partial charge in [0.15, 0.2) is 0 Å². The van der Waals surface area contributed by atoms with Crippen LogP contribution in [0.15, 0.2) is 97.3 Å². The molecule has 150 valence electrons. The average Bonchev–Trinajstić information content (AvgIpc) is 3.32. The maximum absolute atomic E-state index is 13.0. The summed E-state index contributed by atoms with van der Waals surface area (Å²) in [6.07, 6.45) is 3.24. The van der Waals surface area contributed by atoms with Crippen molar-refractivity contribution in [3.05, 3.63) is 114 Å². The fraction of sp³-hybridized carbons (Fsp3) is 0.125. The zero-order chi connectivity index (χ0) is 20.6. The Morgan fingerprint density at radius 1 is 0.900 bits per heavy atom. The van der Waals surface area contributed by atoms with Gasteiger partial charge in [0.2, 0.25) is 0 Å². The second kappa shape index (κ2) is 9.52. The summed E-state index contributed by atoms with van der Waals surface area (Å²) in [7, 11) is 0. The van der Waals surface area contributed by atoms with E-state index in [1.54, 1.807) is 29.3 Å². The summed E-state index contributed by atoms with van der Waals surface area (Å²) >= 11 is 0. The van der Waals surface area contributed by atoms with Crippen LogP contribution in [0.4, 0.5) is 0 Å². The minimum Gasteiger partial charge on any atom is -0.489 e. The third kappa shape index (κ3) is 5.11. The maximum Gasteiger partial charge on any atom is 0.251 e. The van der Waals surface area contributed by atoms with Crippen LogP contribution in [0.3, 0.4) is 0 Å². The first-order valence-corrected chi connectivity index (χ1v) is 9.74. The second-order valence-electron chi connectivity index (χ2n) is 6.82. The largest absolute Gasteiger partial charge is 0.489 e. The van der Waals surface area contributed by atoms with E-state index in [2.05, 4.69) is 15.5 Å². The van der Waals surface area contributed by atoms with Gasteiger partial charge in [-0.15, -0.1) is 0 Å². The molecular weight excluding hydrogens is 376 g/mol. The third-order valence-electron chi connectivity index (χ3n) is 4.66. The van der Waals surface area contributed by atoms with E-state index in [9.17, 15) is 4.79 Å². The van der Waals surface area contributed by atoms with E-state index in [0.29, 0.717) is 24.5 Å².